The topological polar surface area (TPSA) is 141 Å². The zero-order chi connectivity index (χ0) is 31.4. The van der Waals surface area contributed by atoms with E-state index in [-0.39, 0.29) is 34.4 Å². The van der Waals surface area contributed by atoms with Crippen molar-refractivity contribution in [1.82, 2.24) is 24.5 Å². The highest BCUT2D eigenvalue weighted by atomic mass is 32.2. The van der Waals surface area contributed by atoms with E-state index in [1.807, 2.05) is 42.5 Å². The van der Waals surface area contributed by atoms with Crippen molar-refractivity contribution in [3.63, 3.8) is 0 Å². The molecule has 0 spiro atoms. The van der Waals surface area contributed by atoms with Crippen LogP contribution in [0.2, 0.25) is 0 Å². The van der Waals surface area contributed by atoms with E-state index < -0.39 is 40.5 Å². The SMILES string of the molecule is CS(=O)(=O)c1c(C2C[C@H]3CC[C@@H](C2)N3C(=O)CCC(=O)C(F)(F)F)nc2c(-c3ccc(-c4ccccc4)nc3)cnn2c1N. The van der Waals surface area contributed by atoms with Gasteiger partial charge in [0.15, 0.2) is 15.5 Å². The third-order valence-corrected chi connectivity index (χ3v) is 9.63. The van der Waals surface area contributed by atoms with Gasteiger partial charge < -0.3 is 10.6 Å². The van der Waals surface area contributed by atoms with Crippen LogP contribution in [0.4, 0.5) is 19.0 Å². The van der Waals surface area contributed by atoms with Gasteiger partial charge in [-0.1, -0.05) is 36.4 Å². The summed E-state index contributed by atoms with van der Waals surface area (Å²) in [5.74, 6) is -2.90. The Labute approximate surface area is 251 Å². The van der Waals surface area contributed by atoms with Crippen LogP contribution in [0.5, 0.6) is 0 Å². The molecule has 4 aromatic rings. The molecule has 3 atom stereocenters. The number of sulfone groups is 1. The Bertz CT molecular complexity index is 1850. The van der Waals surface area contributed by atoms with Crippen LogP contribution in [0.15, 0.2) is 59.8 Å². The number of nitrogens with two attached hydrogens (primary N) is 1. The first-order valence-electron chi connectivity index (χ1n) is 14.1. The molecule has 1 amide bonds. The number of hydrogen-bond acceptors (Lipinski definition) is 8. The van der Waals surface area contributed by atoms with Crippen LogP contribution < -0.4 is 5.73 Å². The van der Waals surface area contributed by atoms with Gasteiger partial charge in [0.1, 0.15) is 10.7 Å². The highest BCUT2D eigenvalue weighted by Crippen LogP contribution is 2.45. The highest BCUT2D eigenvalue weighted by molar-refractivity contribution is 7.91. The van der Waals surface area contributed by atoms with Gasteiger partial charge in [0, 0.05) is 60.0 Å². The number of hydrogen-bond donors (Lipinski definition) is 1. The molecule has 1 aromatic carbocycles. The van der Waals surface area contributed by atoms with Crippen LogP contribution in [-0.2, 0) is 19.4 Å². The minimum Gasteiger partial charge on any atom is -0.382 e. The summed E-state index contributed by atoms with van der Waals surface area (Å²) >= 11 is 0. The molecule has 0 radical (unpaired) electrons. The maximum Gasteiger partial charge on any atom is 0.449 e. The number of nitrogen functional groups attached to an aromatic ring is 1. The molecule has 0 aliphatic carbocycles. The van der Waals surface area contributed by atoms with Crippen molar-refractivity contribution in [2.75, 3.05) is 12.0 Å². The van der Waals surface area contributed by atoms with Crippen LogP contribution >= 0.6 is 0 Å². The molecule has 2 N–H and O–H groups in total. The number of aromatic nitrogens is 4. The van der Waals surface area contributed by atoms with E-state index in [9.17, 15) is 31.2 Å². The summed E-state index contributed by atoms with van der Waals surface area (Å²) in [5.41, 5.74) is 10.1. The highest BCUT2D eigenvalue weighted by Gasteiger charge is 2.46. The Hall–Kier alpha value is -4.33. The standard InChI is InChI=1S/C30H29F3N6O4S/c1-44(42,43)27-26(19-13-20-8-9-21(14-19)38(20)25(41)12-11-24(40)30(31,32)33)37-29-22(16-36-39(29)28(27)34)18-7-10-23(35-15-18)17-5-3-2-4-6-17/h2-7,10,15-16,19-21H,8-9,11-14,34H2,1H3/t19?,20-,21+. The Kier molecular flexibility index (Phi) is 7.42. The molecular weight excluding hydrogens is 597 g/mol. The molecular formula is C30H29F3N6O4S. The van der Waals surface area contributed by atoms with Gasteiger partial charge in [-0.25, -0.2) is 13.4 Å². The predicted molar refractivity (Wildman–Crippen MR) is 155 cm³/mol. The van der Waals surface area contributed by atoms with E-state index in [2.05, 4.69) is 10.1 Å². The Balaban J connectivity index is 1.33. The smallest absolute Gasteiger partial charge is 0.382 e. The molecule has 1 unspecified atom stereocenters. The molecule has 6 rings (SSSR count). The average Bonchev–Trinajstić information content (AvgIpc) is 3.53. The van der Waals surface area contributed by atoms with E-state index >= 15 is 0 Å². The van der Waals surface area contributed by atoms with Crippen molar-refractivity contribution >= 4 is 33.0 Å². The number of halogens is 3. The zero-order valence-electron chi connectivity index (χ0n) is 23.7. The Morgan fingerprint density at radius 2 is 1.66 bits per heavy atom. The van der Waals surface area contributed by atoms with Crippen molar-refractivity contribution in [2.24, 2.45) is 0 Å². The quantitative estimate of drug-likeness (QED) is 0.314. The number of nitrogens with zero attached hydrogens (tertiary/aromatic N) is 5. The van der Waals surface area contributed by atoms with Crippen LogP contribution in [0.1, 0.15) is 50.1 Å². The summed E-state index contributed by atoms with van der Waals surface area (Å²) in [4.78, 5) is 35.1. The van der Waals surface area contributed by atoms with Crippen molar-refractivity contribution < 1.29 is 31.2 Å². The molecule has 2 saturated heterocycles. The number of rotatable bonds is 7. The van der Waals surface area contributed by atoms with Gasteiger partial charge in [-0.05, 0) is 31.7 Å². The number of Topliss-reactive ketones (excluding diaryl/α,β-unsaturated/α-hetero) is 1. The number of carbonyl (C=O) groups is 2. The molecule has 2 bridgehead atoms. The lowest BCUT2D eigenvalue weighted by Gasteiger charge is -2.39. The first kappa shape index (κ1) is 29.7. The van der Waals surface area contributed by atoms with Crippen molar-refractivity contribution in [1.29, 1.82) is 0 Å². The average molecular weight is 627 g/mol. The minimum absolute atomic E-state index is 0.0795. The molecule has 2 aliphatic heterocycles. The molecule has 44 heavy (non-hydrogen) atoms. The van der Waals surface area contributed by atoms with Gasteiger partial charge in [-0.3, -0.25) is 14.6 Å². The molecule has 2 fully saturated rings. The van der Waals surface area contributed by atoms with E-state index in [4.69, 9.17) is 10.7 Å². The van der Waals surface area contributed by atoms with Crippen LogP contribution in [0, 0.1) is 0 Å². The largest absolute Gasteiger partial charge is 0.449 e. The van der Waals surface area contributed by atoms with E-state index in [1.54, 1.807) is 17.3 Å². The second-order valence-electron chi connectivity index (χ2n) is 11.4. The van der Waals surface area contributed by atoms with Crippen LogP contribution in [0.3, 0.4) is 0 Å². The zero-order valence-corrected chi connectivity index (χ0v) is 24.5. The number of piperidine rings is 1. The number of pyridine rings is 1. The fraction of sp³-hybridized carbons (Fsp3) is 0.367. The summed E-state index contributed by atoms with van der Waals surface area (Å²) in [5, 5.41) is 4.34. The lowest BCUT2D eigenvalue weighted by atomic mass is 9.87. The number of anilines is 1. The number of ketones is 1. The Morgan fingerprint density at radius 1 is 0.977 bits per heavy atom. The first-order chi connectivity index (χ1) is 20.8. The van der Waals surface area contributed by atoms with Crippen LogP contribution in [0.25, 0.3) is 28.0 Å². The van der Waals surface area contributed by atoms with Crippen LogP contribution in [-0.4, -0.2) is 69.1 Å². The lowest BCUT2D eigenvalue weighted by molar-refractivity contribution is -0.171. The van der Waals surface area contributed by atoms with E-state index in [0.29, 0.717) is 42.5 Å². The predicted octanol–water partition coefficient (Wildman–Crippen LogP) is 4.59. The monoisotopic (exact) mass is 626 g/mol. The Morgan fingerprint density at radius 3 is 2.25 bits per heavy atom. The second kappa shape index (κ2) is 11.0. The summed E-state index contributed by atoms with van der Waals surface area (Å²) in [6.45, 7) is 0. The second-order valence-corrected chi connectivity index (χ2v) is 13.3. The van der Waals surface area contributed by atoms with Gasteiger partial charge in [0.2, 0.25) is 11.7 Å². The minimum atomic E-state index is -4.98. The van der Waals surface area contributed by atoms with E-state index in [1.165, 1.54) is 4.52 Å². The van der Waals surface area contributed by atoms with Gasteiger partial charge >= 0.3 is 6.18 Å². The normalized spacial score (nSPS) is 20.3. The van der Waals surface area contributed by atoms with Gasteiger partial charge in [-0.2, -0.15) is 22.8 Å². The van der Waals surface area contributed by atoms with Gasteiger partial charge in [0.05, 0.1) is 17.6 Å². The fourth-order valence-corrected chi connectivity index (χ4v) is 7.57. The number of fused-ring (bicyclic) bond motifs is 3. The molecule has 10 nitrogen and oxygen atoms in total. The molecule has 0 saturated carbocycles. The third kappa shape index (κ3) is 5.42. The number of benzene rings is 1. The molecule has 2 aliphatic rings. The van der Waals surface area contributed by atoms with Gasteiger partial charge in [0.25, 0.3) is 0 Å². The molecule has 230 valence electrons. The molecule has 5 heterocycles. The maximum atomic E-state index is 13.0. The lowest BCUT2D eigenvalue weighted by Crippen LogP contribution is -2.46. The van der Waals surface area contributed by atoms with Crippen molar-refractivity contribution in [2.45, 2.75) is 67.6 Å². The number of carbonyl (C=O) groups excluding carboxylic acids is 2. The summed E-state index contributed by atoms with van der Waals surface area (Å²) < 4.78 is 65.4. The summed E-state index contributed by atoms with van der Waals surface area (Å²) in [6.07, 6.45) is -0.169. The summed E-state index contributed by atoms with van der Waals surface area (Å²) in [6, 6.07) is 12.8. The summed E-state index contributed by atoms with van der Waals surface area (Å²) in [7, 11) is -3.86. The third-order valence-electron chi connectivity index (χ3n) is 8.47. The van der Waals surface area contributed by atoms with E-state index in [0.717, 1.165) is 17.5 Å². The van der Waals surface area contributed by atoms with Gasteiger partial charge in [-0.15, -0.1) is 0 Å². The maximum absolute atomic E-state index is 13.0. The van der Waals surface area contributed by atoms with Crippen molar-refractivity contribution in [3.05, 3.63) is 60.6 Å². The number of amides is 1. The fourth-order valence-electron chi connectivity index (χ4n) is 6.51. The first-order valence-corrected chi connectivity index (χ1v) is 16.0. The number of alkyl halides is 3. The van der Waals surface area contributed by atoms with Crippen molar-refractivity contribution in [3.8, 4) is 22.4 Å². The molecule has 3 aromatic heterocycles. The molecule has 14 heteroatoms.